The zero-order valence-corrected chi connectivity index (χ0v) is 15.5. The van der Waals surface area contributed by atoms with Crippen LogP contribution in [0.3, 0.4) is 0 Å². The molecule has 0 radical (unpaired) electrons. The monoisotopic (exact) mass is 336 g/mol. The number of benzene rings is 3. The van der Waals surface area contributed by atoms with Gasteiger partial charge >= 0.3 is 0 Å². The van der Waals surface area contributed by atoms with Gasteiger partial charge in [-0.15, -0.1) is 0 Å². The van der Waals surface area contributed by atoms with Crippen molar-refractivity contribution in [3.8, 4) is 11.5 Å². The summed E-state index contributed by atoms with van der Waals surface area (Å²) in [5, 5.41) is 4.71. The molecule has 0 aliphatic heterocycles. The third-order valence-electron chi connectivity index (χ3n) is 5.03. The van der Waals surface area contributed by atoms with Crippen molar-refractivity contribution in [1.29, 1.82) is 0 Å². The minimum Gasteiger partial charge on any atom is -0.497 e. The fraction of sp³-hybridized carbons (Fsp3) is 0.391. The van der Waals surface area contributed by atoms with E-state index in [4.69, 9.17) is 9.47 Å². The van der Waals surface area contributed by atoms with Gasteiger partial charge in [0.2, 0.25) is 0 Å². The van der Waals surface area contributed by atoms with E-state index in [-0.39, 0.29) is 0 Å². The molecule has 0 aliphatic carbocycles. The van der Waals surface area contributed by atoms with Gasteiger partial charge in [0.05, 0.1) is 13.7 Å². The van der Waals surface area contributed by atoms with Crippen LogP contribution < -0.4 is 9.47 Å². The summed E-state index contributed by atoms with van der Waals surface area (Å²) in [4.78, 5) is 0. The molecular formula is C23H28O2. The van der Waals surface area contributed by atoms with Crippen LogP contribution in [0.4, 0.5) is 0 Å². The lowest BCUT2D eigenvalue weighted by atomic mass is 9.99. The Balaban J connectivity index is 2.02. The number of unbranched alkanes of at least 4 members (excludes halogenated alkanes) is 1. The smallest absolute Gasteiger partial charge is 0.135 e. The van der Waals surface area contributed by atoms with Crippen LogP contribution in [0.2, 0.25) is 0 Å². The molecule has 0 aliphatic rings. The molecule has 0 bridgehead atoms. The van der Waals surface area contributed by atoms with Gasteiger partial charge in [0, 0.05) is 10.8 Å². The number of fused-ring (bicyclic) bond motifs is 2. The summed E-state index contributed by atoms with van der Waals surface area (Å²) >= 11 is 0. The predicted octanol–water partition coefficient (Wildman–Crippen LogP) is 6.60. The SMILES string of the molecule is CCCCC(CC)COc1c2ccccc2cc2ccc(OC)cc12. The van der Waals surface area contributed by atoms with E-state index in [9.17, 15) is 0 Å². The molecule has 0 N–H and O–H groups in total. The number of hydrogen-bond acceptors (Lipinski definition) is 2. The molecule has 0 amide bonds. The standard InChI is InChI=1S/C23H28O2/c1-4-6-9-17(5-2)16-25-23-21-11-8-7-10-18(21)14-19-12-13-20(24-3)15-22(19)23/h7-8,10-15,17H,4-6,9,16H2,1-3H3. The van der Waals surface area contributed by atoms with Crippen LogP contribution in [0, 0.1) is 5.92 Å². The minimum absolute atomic E-state index is 0.611. The Bertz CT molecular complexity index is 838. The zero-order valence-electron chi connectivity index (χ0n) is 15.5. The molecule has 3 rings (SSSR count). The van der Waals surface area contributed by atoms with Crippen molar-refractivity contribution in [2.45, 2.75) is 39.5 Å². The van der Waals surface area contributed by atoms with Gasteiger partial charge in [-0.25, -0.2) is 0 Å². The average Bonchev–Trinajstić information content (AvgIpc) is 2.66. The Morgan fingerprint density at radius 1 is 0.920 bits per heavy atom. The lowest BCUT2D eigenvalue weighted by molar-refractivity contribution is 0.238. The Labute approximate surface area is 150 Å². The first-order chi connectivity index (χ1) is 12.3. The highest BCUT2D eigenvalue weighted by Gasteiger charge is 2.13. The van der Waals surface area contributed by atoms with Crippen molar-refractivity contribution >= 4 is 21.5 Å². The summed E-state index contributed by atoms with van der Waals surface area (Å²) < 4.78 is 11.9. The van der Waals surface area contributed by atoms with Crippen molar-refractivity contribution in [2.75, 3.05) is 13.7 Å². The molecule has 2 heteroatoms. The maximum atomic E-state index is 6.43. The summed E-state index contributed by atoms with van der Waals surface area (Å²) in [5.41, 5.74) is 0. The molecule has 0 saturated heterocycles. The Morgan fingerprint density at radius 2 is 1.72 bits per heavy atom. The van der Waals surface area contributed by atoms with Crippen LogP contribution in [0.1, 0.15) is 39.5 Å². The molecular weight excluding hydrogens is 308 g/mol. The third kappa shape index (κ3) is 3.89. The lowest BCUT2D eigenvalue weighted by Crippen LogP contribution is -2.11. The van der Waals surface area contributed by atoms with E-state index in [0.717, 1.165) is 29.9 Å². The van der Waals surface area contributed by atoms with Crippen LogP contribution in [0.25, 0.3) is 21.5 Å². The summed E-state index contributed by atoms with van der Waals surface area (Å²) in [7, 11) is 1.71. The first kappa shape index (κ1) is 17.6. The quantitative estimate of drug-likeness (QED) is 0.432. The van der Waals surface area contributed by atoms with E-state index < -0.39 is 0 Å². The van der Waals surface area contributed by atoms with Crippen LogP contribution in [-0.2, 0) is 0 Å². The van der Waals surface area contributed by atoms with Crippen molar-refractivity contribution < 1.29 is 9.47 Å². The highest BCUT2D eigenvalue weighted by Crippen LogP contribution is 2.37. The van der Waals surface area contributed by atoms with Gasteiger partial charge in [-0.05, 0) is 41.3 Å². The maximum Gasteiger partial charge on any atom is 0.135 e. The number of ether oxygens (including phenoxy) is 2. The fourth-order valence-electron chi connectivity index (χ4n) is 3.38. The second kappa shape index (κ2) is 8.24. The molecule has 0 spiro atoms. The highest BCUT2D eigenvalue weighted by molar-refractivity contribution is 6.05. The van der Waals surface area contributed by atoms with Crippen molar-refractivity contribution in [3.63, 3.8) is 0 Å². The minimum atomic E-state index is 0.611. The van der Waals surface area contributed by atoms with Crippen molar-refractivity contribution in [3.05, 3.63) is 48.5 Å². The molecule has 3 aromatic rings. The summed E-state index contributed by atoms with van der Waals surface area (Å²) in [6.45, 7) is 5.28. The summed E-state index contributed by atoms with van der Waals surface area (Å²) in [5.74, 6) is 2.46. The molecule has 2 nitrogen and oxygen atoms in total. The van der Waals surface area contributed by atoms with E-state index in [1.165, 1.54) is 35.4 Å². The van der Waals surface area contributed by atoms with Crippen LogP contribution in [0.15, 0.2) is 48.5 Å². The fourth-order valence-corrected chi connectivity index (χ4v) is 3.38. The van der Waals surface area contributed by atoms with E-state index in [1.807, 2.05) is 6.07 Å². The number of hydrogen-bond donors (Lipinski definition) is 0. The van der Waals surface area contributed by atoms with Gasteiger partial charge in [-0.2, -0.15) is 0 Å². The largest absolute Gasteiger partial charge is 0.497 e. The molecule has 132 valence electrons. The topological polar surface area (TPSA) is 18.5 Å². The Hall–Kier alpha value is -2.22. The van der Waals surface area contributed by atoms with Crippen LogP contribution in [0.5, 0.6) is 11.5 Å². The van der Waals surface area contributed by atoms with Crippen LogP contribution in [-0.4, -0.2) is 13.7 Å². The van der Waals surface area contributed by atoms with Gasteiger partial charge in [0.25, 0.3) is 0 Å². The molecule has 0 saturated carbocycles. The summed E-state index contributed by atoms with van der Waals surface area (Å²) in [6, 6.07) is 16.9. The first-order valence-electron chi connectivity index (χ1n) is 9.39. The first-order valence-corrected chi connectivity index (χ1v) is 9.39. The van der Waals surface area contributed by atoms with Gasteiger partial charge < -0.3 is 9.47 Å². The molecule has 0 aromatic heterocycles. The van der Waals surface area contributed by atoms with E-state index >= 15 is 0 Å². The second-order valence-corrected chi connectivity index (χ2v) is 6.74. The third-order valence-corrected chi connectivity index (χ3v) is 5.03. The van der Waals surface area contributed by atoms with E-state index in [2.05, 4.69) is 56.3 Å². The van der Waals surface area contributed by atoms with Crippen molar-refractivity contribution in [1.82, 2.24) is 0 Å². The van der Waals surface area contributed by atoms with Crippen molar-refractivity contribution in [2.24, 2.45) is 5.92 Å². The lowest BCUT2D eigenvalue weighted by Gasteiger charge is -2.18. The zero-order chi connectivity index (χ0) is 17.6. The number of rotatable bonds is 8. The van der Waals surface area contributed by atoms with Gasteiger partial charge in [-0.3, -0.25) is 0 Å². The molecule has 0 fully saturated rings. The molecule has 1 atom stereocenters. The van der Waals surface area contributed by atoms with E-state index in [1.54, 1.807) is 7.11 Å². The van der Waals surface area contributed by atoms with E-state index in [0.29, 0.717) is 5.92 Å². The van der Waals surface area contributed by atoms with Gasteiger partial charge in [0.1, 0.15) is 11.5 Å². The molecule has 1 unspecified atom stereocenters. The summed E-state index contributed by atoms with van der Waals surface area (Å²) in [6.07, 6.45) is 4.90. The second-order valence-electron chi connectivity index (χ2n) is 6.74. The highest BCUT2D eigenvalue weighted by atomic mass is 16.5. The normalized spacial score (nSPS) is 12.4. The van der Waals surface area contributed by atoms with Crippen LogP contribution >= 0.6 is 0 Å². The number of methoxy groups -OCH3 is 1. The van der Waals surface area contributed by atoms with Gasteiger partial charge in [0.15, 0.2) is 0 Å². The molecule has 25 heavy (non-hydrogen) atoms. The van der Waals surface area contributed by atoms with Gasteiger partial charge in [-0.1, -0.05) is 63.4 Å². The maximum absolute atomic E-state index is 6.43. The molecule has 0 heterocycles. The predicted molar refractivity (Wildman–Crippen MR) is 107 cm³/mol. The Kier molecular flexibility index (Phi) is 5.80. The average molecular weight is 336 g/mol. The Morgan fingerprint density at radius 3 is 2.48 bits per heavy atom. The molecule has 3 aromatic carbocycles.